The largest absolute Gasteiger partial charge is 0.481 e. The first-order chi connectivity index (χ1) is 14.0. The third-order valence-electron chi connectivity index (χ3n) is 5.97. The maximum Gasteiger partial charge on any atom is 0.306 e. The lowest BCUT2D eigenvalue weighted by Gasteiger charge is -2.27. The Bertz CT molecular complexity index is 1000. The van der Waals surface area contributed by atoms with Gasteiger partial charge in [-0.05, 0) is 61.9 Å². The zero-order chi connectivity index (χ0) is 20.4. The van der Waals surface area contributed by atoms with E-state index in [0.717, 1.165) is 66.9 Å². The average Bonchev–Trinajstić information content (AvgIpc) is 3.09. The van der Waals surface area contributed by atoms with Crippen LogP contribution >= 0.6 is 0 Å². The number of benzene rings is 1. The van der Waals surface area contributed by atoms with Crippen LogP contribution in [0.5, 0.6) is 0 Å². The molecule has 152 valence electrons. The maximum absolute atomic E-state index is 11.1. The quantitative estimate of drug-likeness (QED) is 0.650. The molecule has 0 atom stereocenters. The van der Waals surface area contributed by atoms with Gasteiger partial charge in [0.2, 0.25) is 0 Å². The van der Waals surface area contributed by atoms with E-state index in [4.69, 9.17) is 10.1 Å². The molecule has 0 amide bonds. The summed E-state index contributed by atoms with van der Waals surface area (Å²) < 4.78 is 2.21. The number of hydrogen-bond acceptors (Lipinski definition) is 4. The Morgan fingerprint density at radius 1 is 1.17 bits per heavy atom. The van der Waals surface area contributed by atoms with Gasteiger partial charge in [0, 0.05) is 24.3 Å². The summed E-state index contributed by atoms with van der Waals surface area (Å²) in [5.41, 5.74) is 5.38. The van der Waals surface area contributed by atoms with Crippen molar-refractivity contribution >= 4 is 22.8 Å². The van der Waals surface area contributed by atoms with Crippen LogP contribution in [0.3, 0.4) is 0 Å². The van der Waals surface area contributed by atoms with Crippen LogP contribution in [0.2, 0.25) is 0 Å². The van der Waals surface area contributed by atoms with Gasteiger partial charge in [-0.15, -0.1) is 0 Å². The Morgan fingerprint density at radius 3 is 2.55 bits per heavy atom. The second-order valence-corrected chi connectivity index (χ2v) is 8.00. The van der Waals surface area contributed by atoms with E-state index < -0.39 is 5.97 Å². The number of aliphatic carboxylic acids is 1. The van der Waals surface area contributed by atoms with Gasteiger partial charge in [0.25, 0.3) is 0 Å². The molecule has 0 bridgehead atoms. The molecule has 1 aliphatic carbocycles. The molecule has 0 unspecified atom stereocenters. The average molecular weight is 393 g/mol. The SMILES string of the molecule is CCc1nc2c(C)ccnc2n1Cc1ccc(N[C@H]2CC[C@H](C(=O)O)CC2)cc1. The number of hydrogen-bond donors (Lipinski definition) is 2. The van der Waals surface area contributed by atoms with Crippen LogP contribution in [0.25, 0.3) is 11.2 Å². The molecule has 6 heteroatoms. The first kappa shape index (κ1) is 19.4. The molecule has 6 nitrogen and oxygen atoms in total. The lowest BCUT2D eigenvalue weighted by Crippen LogP contribution is -2.29. The van der Waals surface area contributed by atoms with Crippen molar-refractivity contribution in [2.45, 2.75) is 58.5 Å². The number of aromatic nitrogens is 3. The number of carbonyl (C=O) groups is 1. The van der Waals surface area contributed by atoms with Crippen LogP contribution in [0, 0.1) is 12.8 Å². The van der Waals surface area contributed by atoms with E-state index in [1.807, 2.05) is 12.3 Å². The maximum atomic E-state index is 11.1. The number of imidazole rings is 1. The van der Waals surface area contributed by atoms with E-state index in [9.17, 15) is 4.79 Å². The molecule has 2 aromatic heterocycles. The lowest BCUT2D eigenvalue weighted by molar-refractivity contribution is -0.142. The Labute approximate surface area is 171 Å². The summed E-state index contributed by atoms with van der Waals surface area (Å²) in [6, 6.07) is 10.9. The van der Waals surface area contributed by atoms with Crippen molar-refractivity contribution < 1.29 is 9.90 Å². The molecule has 0 spiro atoms. The predicted molar refractivity (Wildman–Crippen MR) is 114 cm³/mol. The van der Waals surface area contributed by atoms with Gasteiger partial charge in [0.1, 0.15) is 11.3 Å². The Kier molecular flexibility index (Phi) is 5.51. The molecule has 3 aromatic rings. The molecule has 2 N–H and O–H groups in total. The minimum atomic E-state index is -0.657. The fourth-order valence-corrected chi connectivity index (χ4v) is 4.23. The van der Waals surface area contributed by atoms with E-state index in [2.05, 4.69) is 53.0 Å². The van der Waals surface area contributed by atoms with Gasteiger partial charge >= 0.3 is 5.97 Å². The van der Waals surface area contributed by atoms with Crippen molar-refractivity contribution in [2.75, 3.05) is 5.32 Å². The van der Waals surface area contributed by atoms with Gasteiger partial charge < -0.3 is 15.0 Å². The molecule has 1 aliphatic rings. The summed E-state index contributed by atoms with van der Waals surface area (Å²) in [6.07, 6.45) is 6.04. The fraction of sp³-hybridized carbons (Fsp3) is 0.435. The smallest absolute Gasteiger partial charge is 0.306 e. The third-order valence-corrected chi connectivity index (χ3v) is 5.97. The molecule has 0 aliphatic heterocycles. The van der Waals surface area contributed by atoms with Crippen LogP contribution in [0.15, 0.2) is 36.5 Å². The van der Waals surface area contributed by atoms with E-state index in [1.54, 1.807) is 0 Å². The van der Waals surface area contributed by atoms with Crippen LogP contribution < -0.4 is 5.32 Å². The molecule has 29 heavy (non-hydrogen) atoms. The van der Waals surface area contributed by atoms with E-state index >= 15 is 0 Å². The standard InChI is InChI=1S/C23H28N4O2/c1-3-20-26-21-15(2)12-13-24-22(21)27(20)14-16-4-8-18(9-5-16)25-19-10-6-17(7-11-19)23(28)29/h4-5,8-9,12-13,17,19,25H,3,6-7,10-11,14H2,1-2H3,(H,28,29)/t17-,19-. The van der Waals surface area contributed by atoms with Crippen LogP contribution in [-0.4, -0.2) is 31.7 Å². The van der Waals surface area contributed by atoms with Gasteiger partial charge in [-0.2, -0.15) is 0 Å². The van der Waals surface area contributed by atoms with Crippen LogP contribution in [-0.2, 0) is 17.8 Å². The summed E-state index contributed by atoms with van der Waals surface area (Å²) in [7, 11) is 0. The number of nitrogens with zero attached hydrogens (tertiary/aromatic N) is 3. The summed E-state index contributed by atoms with van der Waals surface area (Å²) in [5, 5.41) is 12.7. The van der Waals surface area contributed by atoms with E-state index in [1.165, 1.54) is 5.56 Å². The van der Waals surface area contributed by atoms with Crippen LogP contribution in [0.4, 0.5) is 5.69 Å². The number of anilines is 1. The van der Waals surface area contributed by atoms with Crippen LogP contribution in [0.1, 0.15) is 49.6 Å². The second-order valence-electron chi connectivity index (χ2n) is 8.00. The van der Waals surface area contributed by atoms with Gasteiger partial charge in [0.15, 0.2) is 5.65 Å². The first-order valence-electron chi connectivity index (χ1n) is 10.4. The second kappa shape index (κ2) is 8.23. The fourth-order valence-electron chi connectivity index (χ4n) is 4.23. The zero-order valence-corrected chi connectivity index (χ0v) is 17.1. The third kappa shape index (κ3) is 4.11. The van der Waals surface area contributed by atoms with E-state index in [0.29, 0.717) is 6.04 Å². The monoisotopic (exact) mass is 392 g/mol. The minimum absolute atomic E-state index is 0.176. The molecule has 0 radical (unpaired) electrons. The van der Waals surface area contributed by atoms with Crippen molar-refractivity contribution in [3.63, 3.8) is 0 Å². The summed E-state index contributed by atoms with van der Waals surface area (Å²) in [5.74, 6) is 0.223. The summed E-state index contributed by atoms with van der Waals surface area (Å²) in [6.45, 7) is 4.95. The highest BCUT2D eigenvalue weighted by Gasteiger charge is 2.25. The van der Waals surface area contributed by atoms with Crippen molar-refractivity contribution in [3.8, 4) is 0 Å². The number of carboxylic acids is 1. The van der Waals surface area contributed by atoms with Gasteiger partial charge in [-0.1, -0.05) is 19.1 Å². The Hall–Kier alpha value is -2.89. The van der Waals surface area contributed by atoms with E-state index in [-0.39, 0.29) is 5.92 Å². The number of carboxylic acid groups (broad SMARTS) is 1. The first-order valence-corrected chi connectivity index (χ1v) is 10.4. The number of nitrogens with one attached hydrogen (secondary N) is 1. The number of pyridine rings is 1. The number of fused-ring (bicyclic) bond motifs is 1. The lowest BCUT2D eigenvalue weighted by atomic mass is 9.86. The van der Waals surface area contributed by atoms with Crippen molar-refractivity contribution in [1.29, 1.82) is 0 Å². The molecular formula is C23H28N4O2. The van der Waals surface area contributed by atoms with Crippen molar-refractivity contribution in [2.24, 2.45) is 5.92 Å². The molecule has 2 heterocycles. The highest BCUT2D eigenvalue weighted by atomic mass is 16.4. The Morgan fingerprint density at radius 2 is 1.90 bits per heavy atom. The number of aryl methyl sites for hydroxylation is 2. The van der Waals surface area contributed by atoms with Crippen molar-refractivity contribution in [1.82, 2.24) is 14.5 Å². The Balaban J connectivity index is 1.45. The minimum Gasteiger partial charge on any atom is -0.481 e. The highest BCUT2D eigenvalue weighted by molar-refractivity contribution is 5.75. The molecule has 1 fully saturated rings. The molecule has 1 saturated carbocycles. The van der Waals surface area contributed by atoms with Gasteiger partial charge in [-0.25, -0.2) is 9.97 Å². The molecule has 1 aromatic carbocycles. The summed E-state index contributed by atoms with van der Waals surface area (Å²) in [4.78, 5) is 20.5. The van der Waals surface area contributed by atoms with Gasteiger partial charge in [0.05, 0.1) is 12.5 Å². The van der Waals surface area contributed by atoms with Gasteiger partial charge in [-0.3, -0.25) is 4.79 Å². The normalized spacial score (nSPS) is 19.4. The number of rotatable bonds is 6. The topological polar surface area (TPSA) is 80.0 Å². The van der Waals surface area contributed by atoms with Crippen molar-refractivity contribution in [3.05, 3.63) is 53.5 Å². The molecule has 0 saturated heterocycles. The highest BCUT2D eigenvalue weighted by Crippen LogP contribution is 2.27. The molecule has 4 rings (SSSR count). The predicted octanol–water partition coefficient (Wildman–Crippen LogP) is 4.41. The zero-order valence-electron chi connectivity index (χ0n) is 17.1. The summed E-state index contributed by atoms with van der Waals surface area (Å²) >= 11 is 0. The molecular weight excluding hydrogens is 364 g/mol.